The number of nitro benzene ring substituents is 1. The zero-order chi connectivity index (χ0) is 10.3. The second-order valence-corrected chi connectivity index (χ2v) is 5.35. The number of fused-ring (bicyclic) bond motifs is 1. The number of benzene rings is 1. The molecule has 14 heavy (non-hydrogen) atoms. The maximum atomic E-state index is 11.5. The number of rotatable bonds is 1. The van der Waals surface area contributed by atoms with Gasteiger partial charge < -0.3 is 0 Å². The highest BCUT2D eigenvalue weighted by Crippen LogP contribution is 2.44. The van der Waals surface area contributed by atoms with E-state index in [9.17, 15) is 14.9 Å². The summed E-state index contributed by atoms with van der Waals surface area (Å²) in [5.41, 5.74) is 0.439. The van der Waals surface area contributed by atoms with Crippen LogP contribution in [0, 0.1) is 10.1 Å². The summed E-state index contributed by atoms with van der Waals surface area (Å²) >= 11 is 4.34. The molecule has 6 heteroatoms. The van der Waals surface area contributed by atoms with Crippen LogP contribution in [0.1, 0.15) is 10.4 Å². The summed E-state index contributed by atoms with van der Waals surface area (Å²) in [7, 11) is 0. The Labute approximate surface area is 92.0 Å². The molecule has 2 rings (SSSR count). The molecule has 0 amide bonds. The average molecular weight is 274 g/mol. The van der Waals surface area contributed by atoms with Gasteiger partial charge >= 0.3 is 0 Å². The molecule has 4 nitrogen and oxygen atoms in total. The number of carbonyl (C=O) groups excluding carboxylic acids is 1. The van der Waals surface area contributed by atoms with Crippen molar-refractivity contribution >= 4 is 39.2 Å². The third-order valence-corrected chi connectivity index (χ3v) is 3.95. The normalized spacial score (nSPS) is 19.5. The summed E-state index contributed by atoms with van der Waals surface area (Å²) in [6, 6.07) is 4.55. The minimum Gasteiger partial charge on any atom is -0.292 e. The van der Waals surface area contributed by atoms with E-state index in [1.165, 1.54) is 23.9 Å². The van der Waals surface area contributed by atoms with Gasteiger partial charge in [0.15, 0.2) is 5.78 Å². The van der Waals surface area contributed by atoms with Gasteiger partial charge in [0.25, 0.3) is 5.69 Å². The van der Waals surface area contributed by atoms with E-state index in [4.69, 9.17) is 0 Å². The molecule has 1 aliphatic rings. The zero-order valence-corrected chi connectivity index (χ0v) is 9.17. The van der Waals surface area contributed by atoms with Crippen molar-refractivity contribution < 1.29 is 9.72 Å². The summed E-state index contributed by atoms with van der Waals surface area (Å²) < 4.78 is -0.390. The van der Waals surface area contributed by atoms with E-state index in [0.29, 0.717) is 10.5 Å². The van der Waals surface area contributed by atoms with Crippen molar-refractivity contribution in [2.24, 2.45) is 0 Å². The molecule has 0 aliphatic carbocycles. The van der Waals surface area contributed by atoms with Crippen molar-refractivity contribution in [1.29, 1.82) is 0 Å². The fourth-order valence-electron chi connectivity index (χ4n) is 1.27. The highest BCUT2D eigenvalue weighted by molar-refractivity contribution is 9.11. The first-order valence-corrected chi connectivity index (χ1v) is 5.53. The molecule has 0 saturated carbocycles. The summed E-state index contributed by atoms with van der Waals surface area (Å²) in [4.78, 5) is 22.1. The SMILES string of the molecule is O=C1c2cccc([N+](=O)[O-])c2SC1Br. The Balaban J connectivity index is 2.61. The van der Waals surface area contributed by atoms with E-state index >= 15 is 0 Å². The number of Topliss-reactive ketones (excluding diaryl/α,β-unsaturated/α-hetero) is 1. The molecule has 1 heterocycles. The Bertz CT molecular complexity index is 435. The van der Waals surface area contributed by atoms with Crippen molar-refractivity contribution in [3.8, 4) is 0 Å². The third kappa shape index (κ3) is 1.34. The minimum absolute atomic E-state index is 0.00259. The van der Waals surface area contributed by atoms with Crippen LogP contribution < -0.4 is 0 Å². The third-order valence-electron chi connectivity index (χ3n) is 1.88. The van der Waals surface area contributed by atoms with Crippen LogP contribution in [0.2, 0.25) is 0 Å². The van der Waals surface area contributed by atoms with Crippen LogP contribution in [0.15, 0.2) is 23.1 Å². The first-order chi connectivity index (χ1) is 6.61. The topological polar surface area (TPSA) is 60.2 Å². The Morgan fingerprint density at radius 2 is 2.21 bits per heavy atom. The lowest BCUT2D eigenvalue weighted by Gasteiger charge is -1.96. The molecule has 1 unspecified atom stereocenters. The van der Waals surface area contributed by atoms with Crippen molar-refractivity contribution in [1.82, 2.24) is 0 Å². The van der Waals surface area contributed by atoms with E-state index in [0.717, 1.165) is 0 Å². The zero-order valence-electron chi connectivity index (χ0n) is 6.77. The molecular weight excluding hydrogens is 270 g/mol. The Hall–Kier alpha value is -0.880. The number of alkyl halides is 1. The maximum Gasteiger partial charge on any atom is 0.283 e. The molecular formula is C8H4BrNO3S. The molecule has 72 valence electrons. The first-order valence-electron chi connectivity index (χ1n) is 3.73. The van der Waals surface area contributed by atoms with Crippen molar-refractivity contribution in [2.75, 3.05) is 0 Å². The molecule has 0 bridgehead atoms. The lowest BCUT2D eigenvalue weighted by atomic mass is 10.1. The molecule has 0 saturated heterocycles. The summed E-state index contributed by atoms with van der Waals surface area (Å²) in [5, 5.41) is 10.6. The van der Waals surface area contributed by atoms with Crippen LogP contribution in [0.5, 0.6) is 0 Å². The number of nitrogens with zero attached hydrogens (tertiary/aromatic N) is 1. The van der Waals surface area contributed by atoms with Crippen LogP contribution in [0.3, 0.4) is 0 Å². The monoisotopic (exact) mass is 273 g/mol. The van der Waals surface area contributed by atoms with Gasteiger partial charge in [-0.15, -0.1) is 0 Å². The summed E-state index contributed by atoms with van der Waals surface area (Å²) in [5.74, 6) is -0.103. The first kappa shape index (κ1) is 9.67. The number of ketones is 1. The van der Waals surface area contributed by atoms with Gasteiger partial charge in [-0.1, -0.05) is 33.8 Å². The van der Waals surface area contributed by atoms with Crippen LogP contribution >= 0.6 is 27.7 Å². The predicted octanol–water partition coefficient (Wildman–Crippen LogP) is 2.60. The minimum atomic E-state index is -0.468. The standard InChI is InChI=1S/C8H4BrNO3S/c9-8-6(11)4-2-1-3-5(10(12)13)7(4)14-8/h1-3,8H. The molecule has 0 spiro atoms. The number of nitro groups is 1. The van der Waals surface area contributed by atoms with Crippen LogP contribution in [-0.2, 0) is 0 Å². The summed E-state index contributed by atoms with van der Waals surface area (Å²) in [6.07, 6.45) is 0. The van der Waals surface area contributed by atoms with E-state index in [1.807, 2.05) is 0 Å². The van der Waals surface area contributed by atoms with Crippen molar-refractivity contribution in [3.63, 3.8) is 0 Å². The highest BCUT2D eigenvalue weighted by Gasteiger charge is 2.34. The fourth-order valence-corrected chi connectivity index (χ4v) is 3.07. The van der Waals surface area contributed by atoms with E-state index in [-0.39, 0.29) is 11.5 Å². The van der Waals surface area contributed by atoms with E-state index in [2.05, 4.69) is 15.9 Å². The van der Waals surface area contributed by atoms with Crippen molar-refractivity contribution in [3.05, 3.63) is 33.9 Å². The smallest absolute Gasteiger partial charge is 0.283 e. The van der Waals surface area contributed by atoms with Gasteiger partial charge in [-0.2, -0.15) is 0 Å². The number of carbonyl (C=O) groups is 1. The van der Waals surface area contributed by atoms with Gasteiger partial charge in [0.2, 0.25) is 0 Å². The van der Waals surface area contributed by atoms with Gasteiger partial charge in [0.1, 0.15) is 4.16 Å². The van der Waals surface area contributed by atoms with E-state index < -0.39 is 9.08 Å². The number of hydrogen-bond acceptors (Lipinski definition) is 4. The van der Waals surface area contributed by atoms with Crippen LogP contribution in [0.25, 0.3) is 0 Å². The molecule has 1 aliphatic heterocycles. The summed E-state index contributed by atoms with van der Waals surface area (Å²) in [6.45, 7) is 0. The molecule has 1 aromatic carbocycles. The second-order valence-electron chi connectivity index (χ2n) is 2.71. The number of halogens is 1. The Morgan fingerprint density at radius 3 is 2.86 bits per heavy atom. The molecule has 0 radical (unpaired) electrons. The quantitative estimate of drug-likeness (QED) is 0.448. The second kappa shape index (κ2) is 3.36. The lowest BCUT2D eigenvalue weighted by molar-refractivity contribution is -0.387. The van der Waals surface area contributed by atoms with E-state index in [1.54, 1.807) is 6.07 Å². The molecule has 0 aromatic heterocycles. The van der Waals surface area contributed by atoms with Crippen molar-refractivity contribution in [2.45, 2.75) is 9.05 Å². The van der Waals surface area contributed by atoms with Gasteiger partial charge in [-0.3, -0.25) is 14.9 Å². The fraction of sp³-hybridized carbons (Fsp3) is 0.125. The highest BCUT2D eigenvalue weighted by atomic mass is 79.9. The number of hydrogen-bond donors (Lipinski definition) is 0. The lowest BCUT2D eigenvalue weighted by Crippen LogP contribution is -2.02. The number of thioether (sulfide) groups is 1. The molecule has 0 N–H and O–H groups in total. The predicted molar refractivity (Wildman–Crippen MR) is 56.0 cm³/mol. The molecule has 1 aromatic rings. The van der Waals surface area contributed by atoms with Gasteiger partial charge in [0.05, 0.1) is 9.82 Å². The van der Waals surface area contributed by atoms with Gasteiger partial charge in [0, 0.05) is 11.6 Å². The maximum absolute atomic E-state index is 11.5. The Morgan fingerprint density at radius 1 is 1.50 bits per heavy atom. The van der Waals surface area contributed by atoms with Gasteiger partial charge in [-0.05, 0) is 6.07 Å². The molecule has 0 fully saturated rings. The largest absolute Gasteiger partial charge is 0.292 e. The van der Waals surface area contributed by atoms with Gasteiger partial charge in [-0.25, -0.2) is 0 Å². The molecule has 1 atom stereocenters. The average Bonchev–Trinajstić information content (AvgIpc) is 2.43. The Kier molecular flexibility index (Phi) is 2.32. The van der Waals surface area contributed by atoms with Crippen LogP contribution in [0.4, 0.5) is 5.69 Å². The van der Waals surface area contributed by atoms with Crippen LogP contribution in [-0.4, -0.2) is 14.9 Å².